The minimum atomic E-state index is -4.50. The molecule has 3 aromatic rings. The number of rotatable bonds is 1. The minimum Gasteiger partial charge on any atom is -0.486 e. The number of nitrogens with zero attached hydrogens (tertiary/aromatic N) is 3. The molecule has 0 fully saturated rings. The summed E-state index contributed by atoms with van der Waals surface area (Å²) in [7, 11) is 1.58. The zero-order chi connectivity index (χ0) is 17.8. The van der Waals surface area contributed by atoms with E-state index in [2.05, 4.69) is 10.1 Å². The second-order valence-corrected chi connectivity index (χ2v) is 5.82. The fourth-order valence-corrected chi connectivity index (χ4v) is 3.02. The zero-order valence-corrected chi connectivity index (χ0v) is 13.5. The first-order valence-corrected chi connectivity index (χ1v) is 7.66. The molecule has 0 radical (unpaired) electrons. The third-order valence-electron chi connectivity index (χ3n) is 4.11. The fraction of sp³-hybridized carbons (Fsp3) is 0.294. The van der Waals surface area contributed by atoms with E-state index in [-0.39, 0.29) is 16.7 Å². The standard InChI is InChI=1S/C17H14F3N3O2/c1-9-15-11(17(18,19)20)8-12(21-16(15)23(2)22-9)10-3-4-13-14(7-10)25-6-5-24-13/h3-4,7-8H,5-6H2,1-2H3. The average Bonchev–Trinajstić information content (AvgIpc) is 2.87. The first-order chi connectivity index (χ1) is 11.8. The van der Waals surface area contributed by atoms with E-state index in [9.17, 15) is 13.2 Å². The van der Waals surface area contributed by atoms with Gasteiger partial charge in [-0.1, -0.05) is 0 Å². The molecule has 0 atom stereocenters. The predicted octanol–water partition coefficient (Wildman–Crippen LogP) is 3.73. The summed E-state index contributed by atoms with van der Waals surface area (Å²) in [5, 5.41) is 4.10. The molecule has 5 nitrogen and oxygen atoms in total. The van der Waals surface area contributed by atoms with Crippen molar-refractivity contribution in [1.82, 2.24) is 14.8 Å². The van der Waals surface area contributed by atoms with Gasteiger partial charge in [-0.25, -0.2) is 4.98 Å². The van der Waals surface area contributed by atoms with E-state index in [0.717, 1.165) is 6.07 Å². The number of benzene rings is 1. The number of aromatic nitrogens is 3. The van der Waals surface area contributed by atoms with Gasteiger partial charge in [0.2, 0.25) is 0 Å². The Morgan fingerprint density at radius 2 is 1.80 bits per heavy atom. The van der Waals surface area contributed by atoms with Crippen LogP contribution in [-0.4, -0.2) is 28.0 Å². The van der Waals surface area contributed by atoms with Crippen LogP contribution in [0.25, 0.3) is 22.3 Å². The third kappa shape index (κ3) is 2.57. The van der Waals surface area contributed by atoms with Crippen molar-refractivity contribution in [3.63, 3.8) is 0 Å². The van der Waals surface area contributed by atoms with Gasteiger partial charge in [0.05, 0.1) is 22.3 Å². The highest BCUT2D eigenvalue weighted by atomic mass is 19.4. The van der Waals surface area contributed by atoms with Gasteiger partial charge < -0.3 is 9.47 Å². The smallest absolute Gasteiger partial charge is 0.417 e. The number of halogens is 3. The third-order valence-corrected chi connectivity index (χ3v) is 4.11. The molecule has 0 amide bonds. The van der Waals surface area contributed by atoms with Crippen molar-refractivity contribution < 1.29 is 22.6 Å². The van der Waals surface area contributed by atoms with E-state index in [1.807, 2.05) is 0 Å². The number of hydrogen-bond donors (Lipinski definition) is 0. The number of pyridine rings is 1. The van der Waals surface area contributed by atoms with Gasteiger partial charge in [0.15, 0.2) is 17.1 Å². The van der Waals surface area contributed by atoms with Gasteiger partial charge in [0.25, 0.3) is 0 Å². The van der Waals surface area contributed by atoms with Gasteiger partial charge in [-0.3, -0.25) is 4.68 Å². The van der Waals surface area contributed by atoms with Crippen molar-refractivity contribution in [1.29, 1.82) is 0 Å². The number of aryl methyl sites for hydroxylation is 2. The minimum absolute atomic E-state index is 0.0243. The highest BCUT2D eigenvalue weighted by Crippen LogP contribution is 2.39. The predicted molar refractivity (Wildman–Crippen MR) is 84.7 cm³/mol. The molecule has 8 heteroatoms. The van der Waals surface area contributed by atoms with Gasteiger partial charge in [0, 0.05) is 12.6 Å². The van der Waals surface area contributed by atoms with Crippen molar-refractivity contribution in [2.75, 3.05) is 13.2 Å². The monoisotopic (exact) mass is 349 g/mol. The molecule has 1 aliphatic rings. The van der Waals surface area contributed by atoms with Crippen molar-refractivity contribution in [3.05, 3.63) is 35.5 Å². The van der Waals surface area contributed by atoms with Crippen molar-refractivity contribution in [3.8, 4) is 22.8 Å². The molecule has 0 saturated heterocycles. The van der Waals surface area contributed by atoms with Gasteiger partial charge in [-0.2, -0.15) is 18.3 Å². The van der Waals surface area contributed by atoms with E-state index in [0.29, 0.717) is 36.0 Å². The summed E-state index contributed by atoms with van der Waals surface area (Å²) in [5.74, 6) is 1.07. The molecule has 0 bridgehead atoms. The normalized spacial score (nSPS) is 14.1. The topological polar surface area (TPSA) is 49.2 Å². The van der Waals surface area contributed by atoms with Crippen LogP contribution in [0.2, 0.25) is 0 Å². The fourth-order valence-electron chi connectivity index (χ4n) is 3.02. The second-order valence-electron chi connectivity index (χ2n) is 5.82. The molecule has 0 unspecified atom stereocenters. The van der Waals surface area contributed by atoms with Crippen LogP contribution in [0.1, 0.15) is 11.3 Å². The van der Waals surface area contributed by atoms with Gasteiger partial charge in [-0.15, -0.1) is 0 Å². The Labute approximate surface area is 141 Å². The van der Waals surface area contributed by atoms with E-state index in [1.165, 1.54) is 4.68 Å². The molecule has 0 saturated carbocycles. The lowest BCUT2D eigenvalue weighted by molar-refractivity contribution is -0.136. The molecule has 130 valence electrons. The van der Waals surface area contributed by atoms with Crippen molar-refractivity contribution >= 4 is 11.0 Å². The highest BCUT2D eigenvalue weighted by molar-refractivity contribution is 5.86. The summed E-state index contributed by atoms with van der Waals surface area (Å²) in [6, 6.07) is 6.05. The zero-order valence-electron chi connectivity index (χ0n) is 13.5. The summed E-state index contributed by atoms with van der Waals surface area (Å²) < 4.78 is 53.0. The van der Waals surface area contributed by atoms with Crippen LogP contribution < -0.4 is 9.47 Å². The maximum atomic E-state index is 13.6. The first kappa shape index (κ1) is 15.7. The quantitative estimate of drug-likeness (QED) is 0.672. The molecule has 2 aromatic heterocycles. The highest BCUT2D eigenvalue weighted by Gasteiger charge is 2.35. The number of hydrogen-bond acceptors (Lipinski definition) is 4. The first-order valence-electron chi connectivity index (χ1n) is 7.66. The SMILES string of the molecule is Cc1nn(C)c2nc(-c3ccc4c(c3)OCCO4)cc(C(F)(F)F)c12. The Balaban J connectivity index is 1.95. The average molecular weight is 349 g/mol. The lowest BCUT2D eigenvalue weighted by atomic mass is 10.0. The Morgan fingerprint density at radius 1 is 1.08 bits per heavy atom. The largest absolute Gasteiger partial charge is 0.486 e. The van der Waals surface area contributed by atoms with Crippen LogP contribution in [0.4, 0.5) is 13.2 Å². The number of alkyl halides is 3. The van der Waals surface area contributed by atoms with Gasteiger partial charge in [-0.05, 0) is 31.2 Å². The lowest BCUT2D eigenvalue weighted by Gasteiger charge is -2.19. The molecule has 1 aliphatic heterocycles. The molecule has 0 N–H and O–H groups in total. The molecule has 0 aliphatic carbocycles. The van der Waals surface area contributed by atoms with Crippen LogP contribution in [0.5, 0.6) is 11.5 Å². The van der Waals surface area contributed by atoms with Crippen LogP contribution in [0.3, 0.4) is 0 Å². The van der Waals surface area contributed by atoms with E-state index >= 15 is 0 Å². The Bertz CT molecular complexity index is 979. The molecule has 4 rings (SSSR count). The summed E-state index contributed by atoms with van der Waals surface area (Å²) in [6.45, 7) is 2.39. The summed E-state index contributed by atoms with van der Waals surface area (Å²) in [6.07, 6.45) is -4.50. The molecule has 25 heavy (non-hydrogen) atoms. The molecular formula is C17H14F3N3O2. The van der Waals surface area contributed by atoms with Crippen LogP contribution in [0, 0.1) is 6.92 Å². The number of fused-ring (bicyclic) bond motifs is 2. The molecule has 0 spiro atoms. The Kier molecular flexibility index (Phi) is 3.38. The van der Waals surface area contributed by atoms with E-state index in [1.54, 1.807) is 32.2 Å². The molecule has 1 aromatic carbocycles. The lowest BCUT2D eigenvalue weighted by Crippen LogP contribution is -2.15. The van der Waals surface area contributed by atoms with E-state index < -0.39 is 11.7 Å². The van der Waals surface area contributed by atoms with Gasteiger partial charge in [0.1, 0.15) is 13.2 Å². The van der Waals surface area contributed by atoms with Crippen LogP contribution in [0.15, 0.2) is 24.3 Å². The number of ether oxygens (including phenoxy) is 2. The summed E-state index contributed by atoms with van der Waals surface area (Å²) in [4.78, 5) is 4.39. The Morgan fingerprint density at radius 3 is 2.52 bits per heavy atom. The van der Waals surface area contributed by atoms with E-state index in [4.69, 9.17) is 9.47 Å². The van der Waals surface area contributed by atoms with Crippen LogP contribution in [-0.2, 0) is 13.2 Å². The summed E-state index contributed by atoms with van der Waals surface area (Å²) in [5.41, 5.74) is 0.478. The molecular weight excluding hydrogens is 335 g/mol. The second kappa shape index (κ2) is 5.37. The maximum Gasteiger partial charge on any atom is 0.417 e. The maximum absolute atomic E-state index is 13.6. The van der Waals surface area contributed by atoms with Crippen molar-refractivity contribution in [2.24, 2.45) is 7.05 Å². The van der Waals surface area contributed by atoms with Crippen molar-refractivity contribution in [2.45, 2.75) is 13.1 Å². The van der Waals surface area contributed by atoms with Crippen LogP contribution >= 0.6 is 0 Å². The Hall–Kier alpha value is -2.77. The van der Waals surface area contributed by atoms with Gasteiger partial charge >= 0.3 is 6.18 Å². The summed E-state index contributed by atoms with van der Waals surface area (Å²) >= 11 is 0. The molecule has 3 heterocycles.